The van der Waals surface area contributed by atoms with Crippen molar-refractivity contribution in [3.8, 4) is 11.5 Å². The lowest BCUT2D eigenvalue weighted by Gasteiger charge is -2.20. The molecule has 168 valence electrons. The van der Waals surface area contributed by atoms with Crippen molar-refractivity contribution < 1.29 is 23.7 Å². The molecule has 0 aliphatic carbocycles. The van der Waals surface area contributed by atoms with Crippen LogP contribution in [0.25, 0.3) is 10.9 Å². The van der Waals surface area contributed by atoms with Gasteiger partial charge in [0.2, 0.25) is 0 Å². The van der Waals surface area contributed by atoms with Gasteiger partial charge in [0, 0.05) is 24.2 Å². The number of rotatable bonds is 6. The normalized spacial score (nSPS) is 24.5. The Labute approximate surface area is 194 Å². The van der Waals surface area contributed by atoms with Crippen molar-refractivity contribution in [2.24, 2.45) is 0 Å². The van der Waals surface area contributed by atoms with Crippen molar-refractivity contribution in [2.45, 2.75) is 24.4 Å². The first kappa shape index (κ1) is 21.5. The Balaban J connectivity index is 1.43. The first-order chi connectivity index (χ1) is 15.6. The molecule has 0 spiro atoms. The summed E-state index contributed by atoms with van der Waals surface area (Å²) >= 11 is 12.1. The van der Waals surface area contributed by atoms with E-state index >= 15 is 0 Å². The number of aromatic nitrogens is 2. The molecule has 0 amide bonds. The average Bonchev–Trinajstić information content (AvgIpc) is 3.39. The van der Waals surface area contributed by atoms with Gasteiger partial charge in [-0.3, -0.25) is 0 Å². The zero-order valence-corrected chi connectivity index (χ0v) is 18.9. The lowest BCUT2D eigenvalue weighted by Crippen LogP contribution is -2.35. The lowest BCUT2D eigenvalue weighted by atomic mass is 10.1. The SMILES string of the molecule is COc1cc2c(Nc3ccc(Cl)c(Cl)c3)ncnc2cc1O[C@@H]1CO[C@H]2[C@@H]1OC[C@@H]2OC. The number of nitrogens with one attached hydrogen (secondary N) is 1. The van der Waals surface area contributed by atoms with Crippen LogP contribution in [0.15, 0.2) is 36.7 Å². The molecule has 2 aliphatic heterocycles. The number of hydrogen-bond acceptors (Lipinski definition) is 8. The first-order valence-electron chi connectivity index (χ1n) is 10.0. The molecular formula is C22H21Cl2N3O5. The smallest absolute Gasteiger partial charge is 0.164 e. The van der Waals surface area contributed by atoms with Gasteiger partial charge in [-0.2, -0.15) is 0 Å². The van der Waals surface area contributed by atoms with E-state index in [2.05, 4.69) is 15.3 Å². The molecule has 2 fully saturated rings. The molecule has 10 heteroatoms. The molecular weight excluding hydrogens is 457 g/mol. The lowest BCUT2D eigenvalue weighted by molar-refractivity contribution is -0.0140. The number of benzene rings is 2. The third-order valence-electron chi connectivity index (χ3n) is 5.65. The van der Waals surface area contributed by atoms with E-state index in [0.29, 0.717) is 46.1 Å². The van der Waals surface area contributed by atoms with Crippen LogP contribution in [-0.4, -0.2) is 61.8 Å². The summed E-state index contributed by atoms with van der Waals surface area (Å²) in [4.78, 5) is 8.78. The number of ether oxygens (including phenoxy) is 5. The number of hydrogen-bond donors (Lipinski definition) is 1. The Hall–Kier alpha value is -2.36. The van der Waals surface area contributed by atoms with E-state index in [4.69, 9.17) is 46.9 Å². The Morgan fingerprint density at radius 2 is 1.72 bits per heavy atom. The molecule has 0 radical (unpaired) electrons. The van der Waals surface area contributed by atoms with Crippen molar-refractivity contribution >= 4 is 45.6 Å². The molecule has 5 rings (SSSR count). The third-order valence-corrected chi connectivity index (χ3v) is 6.39. The van der Waals surface area contributed by atoms with Gasteiger partial charge < -0.3 is 29.0 Å². The standard InChI is InChI=1S/C22H21Cl2N3O5/c1-28-16-6-12-15(25-10-26-22(12)27-11-3-4-13(23)14(24)5-11)7-17(16)32-19-9-31-20-18(29-2)8-30-21(19)20/h3-7,10,18-21H,8-9H2,1-2H3,(H,25,26,27)/t18-,19+,20+,21+/m0/s1. The van der Waals surface area contributed by atoms with Crippen molar-refractivity contribution in [2.75, 3.05) is 32.8 Å². The minimum Gasteiger partial charge on any atom is -0.493 e. The Kier molecular flexibility index (Phi) is 5.96. The molecule has 0 bridgehead atoms. The summed E-state index contributed by atoms with van der Waals surface area (Å²) in [5, 5.41) is 4.95. The van der Waals surface area contributed by atoms with Gasteiger partial charge in [0.1, 0.15) is 30.5 Å². The topological polar surface area (TPSA) is 84.0 Å². The number of nitrogens with zero attached hydrogens (tertiary/aromatic N) is 2. The van der Waals surface area contributed by atoms with E-state index in [1.165, 1.54) is 6.33 Å². The van der Waals surface area contributed by atoms with Crippen molar-refractivity contribution in [3.05, 3.63) is 46.7 Å². The predicted molar refractivity (Wildman–Crippen MR) is 121 cm³/mol. The van der Waals surface area contributed by atoms with E-state index in [1.54, 1.807) is 26.4 Å². The number of halogens is 2. The van der Waals surface area contributed by atoms with Crippen LogP contribution in [0.3, 0.4) is 0 Å². The second-order valence-electron chi connectivity index (χ2n) is 7.52. The highest BCUT2D eigenvalue weighted by molar-refractivity contribution is 6.42. The van der Waals surface area contributed by atoms with E-state index in [-0.39, 0.29) is 24.4 Å². The Morgan fingerprint density at radius 1 is 0.938 bits per heavy atom. The number of fused-ring (bicyclic) bond motifs is 2. The summed E-state index contributed by atoms with van der Waals surface area (Å²) < 4.78 is 29.0. The van der Waals surface area contributed by atoms with Gasteiger partial charge in [-0.15, -0.1) is 0 Å². The summed E-state index contributed by atoms with van der Waals surface area (Å²) in [5.41, 5.74) is 1.44. The molecule has 3 heterocycles. The molecule has 2 aromatic carbocycles. The summed E-state index contributed by atoms with van der Waals surface area (Å²) in [6.45, 7) is 0.891. The fourth-order valence-corrected chi connectivity index (χ4v) is 4.32. The van der Waals surface area contributed by atoms with E-state index < -0.39 is 0 Å². The zero-order valence-electron chi connectivity index (χ0n) is 17.4. The van der Waals surface area contributed by atoms with Gasteiger partial charge in [-0.25, -0.2) is 9.97 Å². The van der Waals surface area contributed by atoms with E-state index in [0.717, 1.165) is 11.1 Å². The summed E-state index contributed by atoms with van der Waals surface area (Å²) in [7, 11) is 3.24. The average molecular weight is 478 g/mol. The fraction of sp³-hybridized carbons (Fsp3) is 0.364. The van der Waals surface area contributed by atoms with Crippen LogP contribution in [-0.2, 0) is 14.2 Å². The highest BCUT2D eigenvalue weighted by atomic mass is 35.5. The second kappa shape index (κ2) is 8.88. The van der Waals surface area contributed by atoms with Crippen molar-refractivity contribution in [1.82, 2.24) is 9.97 Å². The summed E-state index contributed by atoms with van der Waals surface area (Å²) in [6, 6.07) is 8.94. The minimum absolute atomic E-state index is 0.0881. The monoisotopic (exact) mass is 477 g/mol. The van der Waals surface area contributed by atoms with Gasteiger partial charge in [0.25, 0.3) is 0 Å². The molecule has 1 aromatic heterocycles. The highest BCUT2D eigenvalue weighted by Gasteiger charge is 2.49. The summed E-state index contributed by atoms with van der Waals surface area (Å²) in [5.74, 6) is 1.71. The van der Waals surface area contributed by atoms with Crippen molar-refractivity contribution in [1.29, 1.82) is 0 Å². The molecule has 0 unspecified atom stereocenters. The highest BCUT2D eigenvalue weighted by Crippen LogP contribution is 2.38. The largest absolute Gasteiger partial charge is 0.493 e. The predicted octanol–water partition coefficient (Wildman–Crippen LogP) is 4.25. The van der Waals surface area contributed by atoms with Gasteiger partial charge in [-0.05, 0) is 24.3 Å². The van der Waals surface area contributed by atoms with Crippen LogP contribution < -0.4 is 14.8 Å². The number of methoxy groups -OCH3 is 2. The van der Waals surface area contributed by atoms with Gasteiger partial charge in [0.15, 0.2) is 17.6 Å². The molecule has 0 saturated carbocycles. The van der Waals surface area contributed by atoms with Crippen LogP contribution in [0.2, 0.25) is 10.0 Å². The molecule has 2 aliphatic rings. The molecule has 1 N–H and O–H groups in total. The van der Waals surface area contributed by atoms with E-state index in [1.807, 2.05) is 18.2 Å². The second-order valence-corrected chi connectivity index (χ2v) is 8.34. The van der Waals surface area contributed by atoms with Crippen LogP contribution in [0.1, 0.15) is 0 Å². The maximum Gasteiger partial charge on any atom is 0.164 e. The van der Waals surface area contributed by atoms with Crippen molar-refractivity contribution in [3.63, 3.8) is 0 Å². The van der Waals surface area contributed by atoms with Crippen LogP contribution in [0, 0.1) is 0 Å². The summed E-state index contributed by atoms with van der Waals surface area (Å²) in [6.07, 6.45) is 0.784. The van der Waals surface area contributed by atoms with Gasteiger partial charge in [-0.1, -0.05) is 23.2 Å². The van der Waals surface area contributed by atoms with Gasteiger partial charge >= 0.3 is 0 Å². The van der Waals surface area contributed by atoms with Crippen LogP contribution >= 0.6 is 23.2 Å². The molecule has 3 aromatic rings. The molecule has 32 heavy (non-hydrogen) atoms. The Morgan fingerprint density at radius 3 is 2.47 bits per heavy atom. The maximum absolute atomic E-state index is 6.26. The molecule has 4 atom stereocenters. The maximum atomic E-state index is 6.26. The minimum atomic E-state index is -0.276. The third kappa shape index (κ3) is 3.93. The number of anilines is 2. The van der Waals surface area contributed by atoms with Gasteiger partial charge in [0.05, 0.1) is 35.9 Å². The molecule has 2 saturated heterocycles. The fourth-order valence-electron chi connectivity index (χ4n) is 4.02. The quantitative estimate of drug-likeness (QED) is 0.563. The molecule has 8 nitrogen and oxygen atoms in total. The Bertz CT molecular complexity index is 1150. The van der Waals surface area contributed by atoms with Crippen LogP contribution in [0.5, 0.6) is 11.5 Å². The van der Waals surface area contributed by atoms with E-state index in [9.17, 15) is 0 Å². The zero-order chi connectivity index (χ0) is 22.2. The van der Waals surface area contributed by atoms with Crippen LogP contribution in [0.4, 0.5) is 11.5 Å². The first-order valence-corrected chi connectivity index (χ1v) is 10.8.